The van der Waals surface area contributed by atoms with Crippen LogP contribution in [0.3, 0.4) is 0 Å². The lowest BCUT2D eigenvalue weighted by Gasteiger charge is -2.10. The predicted octanol–water partition coefficient (Wildman–Crippen LogP) is 4.77. The van der Waals surface area contributed by atoms with Gasteiger partial charge < -0.3 is 15.4 Å². The largest absolute Gasteiger partial charge is 0.452 e. The van der Waals surface area contributed by atoms with Crippen molar-refractivity contribution in [1.29, 1.82) is 0 Å². The van der Waals surface area contributed by atoms with E-state index in [-0.39, 0.29) is 22.7 Å². The number of hydrogen-bond donors (Lipinski definition) is 2. The number of carbonyl (C=O) groups excluding carboxylic acids is 3. The van der Waals surface area contributed by atoms with Crippen molar-refractivity contribution in [2.45, 2.75) is 4.90 Å². The Morgan fingerprint density at radius 1 is 0.765 bits per heavy atom. The highest BCUT2D eigenvalue weighted by atomic mass is 32.2. The van der Waals surface area contributed by atoms with E-state index in [1.54, 1.807) is 18.2 Å². The summed E-state index contributed by atoms with van der Waals surface area (Å²) in [5.41, 5.74) is -0.403. The molecule has 3 rings (SSSR count). The molecule has 0 unspecified atom stereocenters. The van der Waals surface area contributed by atoms with E-state index in [1.807, 2.05) is 0 Å². The van der Waals surface area contributed by atoms with Crippen LogP contribution in [-0.4, -0.2) is 30.1 Å². The van der Waals surface area contributed by atoms with Crippen LogP contribution in [-0.2, 0) is 14.3 Å². The average molecular weight is 492 g/mol. The summed E-state index contributed by atoms with van der Waals surface area (Å²) in [5.74, 6) is -6.03. The normalized spacial score (nSPS) is 10.5. The van der Waals surface area contributed by atoms with Crippen molar-refractivity contribution >= 4 is 40.9 Å². The number of anilines is 2. The van der Waals surface area contributed by atoms with Gasteiger partial charge in [-0.3, -0.25) is 9.59 Å². The van der Waals surface area contributed by atoms with Crippen LogP contribution in [0.5, 0.6) is 0 Å². The van der Waals surface area contributed by atoms with Gasteiger partial charge in [-0.25, -0.2) is 22.4 Å². The number of thioether (sulfide) groups is 1. The molecule has 6 nitrogen and oxygen atoms in total. The number of carbonyl (C=O) groups is 3. The number of amides is 2. The molecule has 0 aliphatic heterocycles. The van der Waals surface area contributed by atoms with Gasteiger partial charge >= 0.3 is 5.97 Å². The van der Waals surface area contributed by atoms with E-state index in [0.29, 0.717) is 17.0 Å². The number of halogens is 4. The number of rotatable bonds is 8. The predicted molar refractivity (Wildman–Crippen MR) is 117 cm³/mol. The van der Waals surface area contributed by atoms with Crippen LogP contribution in [0.25, 0.3) is 0 Å². The van der Waals surface area contributed by atoms with Crippen molar-refractivity contribution in [3.63, 3.8) is 0 Å². The van der Waals surface area contributed by atoms with Crippen molar-refractivity contribution in [2.75, 3.05) is 23.0 Å². The summed E-state index contributed by atoms with van der Waals surface area (Å²) in [4.78, 5) is 36.8. The van der Waals surface area contributed by atoms with Gasteiger partial charge in [-0.15, -0.1) is 11.8 Å². The lowest BCUT2D eigenvalue weighted by atomic mass is 10.2. The third-order valence-corrected chi connectivity index (χ3v) is 5.28. The van der Waals surface area contributed by atoms with Gasteiger partial charge in [0.05, 0.1) is 22.7 Å². The minimum atomic E-state index is -0.986. The molecule has 0 spiro atoms. The number of hydrogen-bond acceptors (Lipinski definition) is 5. The van der Waals surface area contributed by atoms with Crippen LogP contribution in [0.4, 0.5) is 28.9 Å². The topological polar surface area (TPSA) is 84.5 Å². The van der Waals surface area contributed by atoms with Crippen LogP contribution in [0.1, 0.15) is 10.4 Å². The van der Waals surface area contributed by atoms with Gasteiger partial charge in [-0.2, -0.15) is 0 Å². The second kappa shape index (κ2) is 11.3. The summed E-state index contributed by atoms with van der Waals surface area (Å²) in [6.07, 6.45) is 0. The number of benzene rings is 3. The molecule has 176 valence electrons. The van der Waals surface area contributed by atoms with E-state index in [9.17, 15) is 31.9 Å². The quantitative estimate of drug-likeness (QED) is 0.269. The standard InChI is InChI=1S/C23H16F4N2O4S/c24-13-5-7-18(16(26)9-13)28-21(30)11-33-23(32)15-3-1-2-4-20(15)34-12-22(31)29-19-8-6-14(25)10-17(19)27/h1-10H,11-12H2,(H,28,30)(H,29,31). The number of nitrogens with one attached hydrogen (secondary N) is 2. The first kappa shape index (κ1) is 24.8. The third kappa shape index (κ3) is 6.82. The molecule has 0 heterocycles. The molecule has 3 aromatic rings. The van der Waals surface area contributed by atoms with E-state index in [2.05, 4.69) is 10.6 Å². The zero-order chi connectivity index (χ0) is 24.7. The van der Waals surface area contributed by atoms with E-state index < -0.39 is 47.7 Å². The highest BCUT2D eigenvalue weighted by Gasteiger charge is 2.17. The van der Waals surface area contributed by atoms with Crippen LogP contribution in [0.15, 0.2) is 65.6 Å². The lowest BCUT2D eigenvalue weighted by molar-refractivity contribution is -0.119. The maximum atomic E-state index is 13.7. The maximum Gasteiger partial charge on any atom is 0.339 e. The molecular weight excluding hydrogens is 476 g/mol. The van der Waals surface area contributed by atoms with E-state index >= 15 is 0 Å². The highest BCUT2D eigenvalue weighted by Crippen LogP contribution is 2.24. The van der Waals surface area contributed by atoms with Gasteiger partial charge in [0.15, 0.2) is 6.61 Å². The van der Waals surface area contributed by atoms with Crippen molar-refractivity contribution < 1.29 is 36.7 Å². The molecule has 0 saturated heterocycles. The second-order valence-corrected chi connectivity index (χ2v) is 7.72. The Morgan fingerprint density at radius 2 is 1.32 bits per heavy atom. The molecule has 0 fully saturated rings. The zero-order valence-corrected chi connectivity index (χ0v) is 18.1. The fraction of sp³-hybridized carbons (Fsp3) is 0.0870. The molecule has 0 aromatic heterocycles. The summed E-state index contributed by atoms with van der Waals surface area (Å²) in [5, 5.41) is 4.46. The van der Waals surface area contributed by atoms with Gasteiger partial charge in [-0.1, -0.05) is 12.1 Å². The van der Waals surface area contributed by atoms with Crippen LogP contribution >= 0.6 is 11.8 Å². The molecule has 2 N–H and O–H groups in total. The average Bonchev–Trinajstić information content (AvgIpc) is 2.80. The molecule has 0 saturated carbocycles. The molecule has 0 aliphatic rings. The first-order valence-corrected chi connectivity index (χ1v) is 10.6. The summed E-state index contributed by atoms with van der Waals surface area (Å²) in [7, 11) is 0. The fourth-order valence-corrected chi connectivity index (χ4v) is 3.51. The lowest BCUT2D eigenvalue weighted by Crippen LogP contribution is -2.22. The van der Waals surface area contributed by atoms with Gasteiger partial charge in [0.1, 0.15) is 23.3 Å². The van der Waals surface area contributed by atoms with Gasteiger partial charge in [0.2, 0.25) is 5.91 Å². The van der Waals surface area contributed by atoms with Crippen molar-refractivity contribution in [3.05, 3.63) is 89.5 Å². The van der Waals surface area contributed by atoms with E-state index in [1.165, 1.54) is 6.07 Å². The molecule has 3 aromatic carbocycles. The van der Waals surface area contributed by atoms with E-state index in [0.717, 1.165) is 36.0 Å². The minimum absolute atomic E-state index is 0.0639. The number of esters is 1. The molecule has 0 bridgehead atoms. The molecule has 0 radical (unpaired) electrons. The fourth-order valence-electron chi connectivity index (χ4n) is 2.67. The van der Waals surface area contributed by atoms with Crippen molar-refractivity contribution in [2.24, 2.45) is 0 Å². The maximum absolute atomic E-state index is 13.7. The summed E-state index contributed by atoms with van der Waals surface area (Å²) >= 11 is 0.957. The first-order valence-electron chi connectivity index (χ1n) is 9.61. The minimum Gasteiger partial charge on any atom is -0.452 e. The molecule has 0 aliphatic carbocycles. The Hall–Kier alpha value is -3.86. The second-order valence-electron chi connectivity index (χ2n) is 6.71. The van der Waals surface area contributed by atoms with Gasteiger partial charge in [0, 0.05) is 17.0 Å². The smallest absolute Gasteiger partial charge is 0.339 e. The highest BCUT2D eigenvalue weighted by molar-refractivity contribution is 8.00. The molecule has 34 heavy (non-hydrogen) atoms. The SMILES string of the molecule is O=C(COC(=O)c1ccccc1SCC(=O)Nc1ccc(F)cc1F)Nc1ccc(F)cc1F. The van der Waals surface area contributed by atoms with Crippen LogP contribution in [0, 0.1) is 23.3 Å². The van der Waals surface area contributed by atoms with Gasteiger partial charge in [-0.05, 0) is 36.4 Å². The monoisotopic (exact) mass is 492 g/mol. The Morgan fingerprint density at radius 3 is 1.91 bits per heavy atom. The summed E-state index contributed by atoms with van der Waals surface area (Å²) in [6.45, 7) is -0.737. The molecule has 0 atom stereocenters. The summed E-state index contributed by atoms with van der Waals surface area (Å²) < 4.78 is 58.2. The van der Waals surface area contributed by atoms with Gasteiger partial charge in [0.25, 0.3) is 5.91 Å². The number of ether oxygens (including phenoxy) is 1. The first-order chi connectivity index (χ1) is 16.2. The molecule has 11 heteroatoms. The van der Waals surface area contributed by atoms with E-state index in [4.69, 9.17) is 4.74 Å². The van der Waals surface area contributed by atoms with Crippen LogP contribution in [0.2, 0.25) is 0 Å². The third-order valence-electron chi connectivity index (χ3n) is 4.21. The Bertz CT molecular complexity index is 1240. The Balaban J connectivity index is 1.55. The Kier molecular flexibility index (Phi) is 8.25. The Labute approximate surface area is 195 Å². The van der Waals surface area contributed by atoms with Crippen LogP contribution < -0.4 is 10.6 Å². The van der Waals surface area contributed by atoms with Crippen molar-refractivity contribution in [1.82, 2.24) is 0 Å². The molecular formula is C23H16F4N2O4S. The van der Waals surface area contributed by atoms with Crippen molar-refractivity contribution in [3.8, 4) is 0 Å². The zero-order valence-electron chi connectivity index (χ0n) is 17.2. The molecule has 2 amide bonds. The summed E-state index contributed by atoms with van der Waals surface area (Å²) in [6, 6.07) is 11.4.